The minimum atomic E-state index is 0.244. The van der Waals surface area contributed by atoms with Crippen LogP contribution in [0.25, 0.3) is 0 Å². The highest BCUT2D eigenvalue weighted by Crippen LogP contribution is 2.22. The fraction of sp³-hybridized carbons (Fsp3) is 0.500. The Labute approximate surface area is 159 Å². The Hall–Kier alpha value is -1.92. The van der Waals surface area contributed by atoms with Crippen molar-refractivity contribution in [2.75, 3.05) is 20.7 Å². The Kier molecular flexibility index (Phi) is 6.27. The van der Waals surface area contributed by atoms with E-state index in [4.69, 9.17) is 4.74 Å². The summed E-state index contributed by atoms with van der Waals surface area (Å²) in [5.41, 5.74) is 2.20. The molecule has 0 radical (unpaired) electrons. The third kappa shape index (κ3) is 4.83. The normalized spacial score (nSPS) is 18.2. The first-order chi connectivity index (χ1) is 12.5. The first-order valence-corrected chi connectivity index (χ1v) is 9.95. The third-order valence-corrected chi connectivity index (χ3v) is 5.91. The van der Waals surface area contributed by atoms with Gasteiger partial charge in [0.2, 0.25) is 5.91 Å². The smallest absolute Gasteiger partial charge is 0.222 e. The number of nitrogens with zero attached hydrogens (tertiary/aromatic N) is 3. The van der Waals surface area contributed by atoms with Crippen LogP contribution in [0.2, 0.25) is 0 Å². The molecule has 0 spiro atoms. The summed E-state index contributed by atoms with van der Waals surface area (Å²) >= 11 is 1.71. The fourth-order valence-corrected chi connectivity index (χ4v) is 4.27. The molecular weight excluding hydrogens is 346 g/mol. The zero-order valence-corrected chi connectivity index (χ0v) is 16.6. The van der Waals surface area contributed by atoms with E-state index in [9.17, 15) is 4.79 Å². The molecule has 5 nitrogen and oxygen atoms in total. The monoisotopic (exact) mass is 373 g/mol. The van der Waals surface area contributed by atoms with Crippen LogP contribution in [-0.4, -0.2) is 47.4 Å². The van der Waals surface area contributed by atoms with Crippen LogP contribution in [0.4, 0.5) is 0 Å². The maximum Gasteiger partial charge on any atom is 0.222 e. The van der Waals surface area contributed by atoms with Crippen LogP contribution in [0.5, 0.6) is 5.75 Å². The molecule has 0 saturated carbocycles. The lowest BCUT2D eigenvalue weighted by molar-refractivity contribution is -0.131. The van der Waals surface area contributed by atoms with E-state index in [1.165, 1.54) is 0 Å². The molecule has 1 aromatic heterocycles. The summed E-state index contributed by atoms with van der Waals surface area (Å²) in [5.74, 6) is 1.08. The van der Waals surface area contributed by atoms with Crippen LogP contribution in [0, 0.1) is 6.92 Å². The zero-order valence-electron chi connectivity index (χ0n) is 15.8. The highest BCUT2D eigenvalue weighted by Gasteiger charge is 2.25. The van der Waals surface area contributed by atoms with Gasteiger partial charge in [0.15, 0.2) is 0 Å². The topological polar surface area (TPSA) is 45.7 Å². The number of likely N-dealkylation sites (tertiary alicyclic amines) is 1. The van der Waals surface area contributed by atoms with Crippen molar-refractivity contribution in [1.29, 1.82) is 0 Å². The molecule has 1 atom stereocenters. The molecule has 1 amide bonds. The molecule has 0 N–H and O–H groups in total. The van der Waals surface area contributed by atoms with Crippen LogP contribution >= 0.6 is 11.3 Å². The molecule has 26 heavy (non-hydrogen) atoms. The van der Waals surface area contributed by atoms with Gasteiger partial charge in [-0.3, -0.25) is 9.69 Å². The van der Waals surface area contributed by atoms with Crippen LogP contribution in [0.15, 0.2) is 29.6 Å². The van der Waals surface area contributed by atoms with Gasteiger partial charge >= 0.3 is 0 Å². The summed E-state index contributed by atoms with van der Waals surface area (Å²) in [4.78, 5) is 21.5. The van der Waals surface area contributed by atoms with Crippen LogP contribution < -0.4 is 4.74 Å². The number of thiazole rings is 1. The number of aromatic nitrogens is 1. The van der Waals surface area contributed by atoms with Crippen LogP contribution in [-0.2, 0) is 17.9 Å². The summed E-state index contributed by atoms with van der Waals surface area (Å²) in [5, 5.41) is 3.24. The molecular formula is C20H27N3O2S. The summed E-state index contributed by atoms with van der Waals surface area (Å²) in [6, 6.07) is 8.38. The Balaban J connectivity index is 1.59. The second-order valence-electron chi connectivity index (χ2n) is 6.95. The second-order valence-corrected chi connectivity index (χ2v) is 7.89. The molecule has 1 aromatic carbocycles. The molecule has 1 aliphatic heterocycles. The standard InChI is InChI=1S/C20H27N3O2S/c1-15-14-26-19(21-15)13-22(2)17-7-8-20(24)23(10-9-17)12-16-5-4-6-18(11-16)25-3/h4-6,11,14,17H,7-10,12-13H2,1-3H3. The van der Waals surface area contributed by atoms with Crippen molar-refractivity contribution in [3.8, 4) is 5.75 Å². The molecule has 6 heteroatoms. The van der Waals surface area contributed by atoms with Crippen molar-refractivity contribution in [2.45, 2.75) is 45.3 Å². The number of aryl methyl sites for hydroxylation is 1. The van der Waals surface area contributed by atoms with Crippen molar-refractivity contribution in [1.82, 2.24) is 14.8 Å². The number of methoxy groups -OCH3 is 1. The Morgan fingerprint density at radius 3 is 2.96 bits per heavy atom. The Bertz CT molecular complexity index is 746. The predicted molar refractivity (Wildman–Crippen MR) is 104 cm³/mol. The maximum atomic E-state index is 12.6. The molecule has 1 saturated heterocycles. The summed E-state index contributed by atoms with van der Waals surface area (Å²) < 4.78 is 5.29. The number of rotatable bonds is 6. The van der Waals surface area contributed by atoms with Gasteiger partial charge in [0, 0.05) is 36.6 Å². The zero-order chi connectivity index (χ0) is 18.5. The highest BCUT2D eigenvalue weighted by molar-refractivity contribution is 7.09. The molecule has 3 rings (SSSR count). The van der Waals surface area contributed by atoms with E-state index in [-0.39, 0.29) is 5.91 Å². The Morgan fingerprint density at radius 1 is 1.38 bits per heavy atom. The molecule has 140 valence electrons. The minimum Gasteiger partial charge on any atom is -0.497 e. The van der Waals surface area contributed by atoms with E-state index in [0.29, 0.717) is 19.0 Å². The van der Waals surface area contributed by atoms with Gasteiger partial charge in [-0.25, -0.2) is 4.98 Å². The number of hydrogen-bond acceptors (Lipinski definition) is 5. The van der Waals surface area contributed by atoms with Gasteiger partial charge in [-0.2, -0.15) is 0 Å². The number of benzene rings is 1. The average Bonchev–Trinajstić information content (AvgIpc) is 2.95. The van der Waals surface area contributed by atoms with Crippen LogP contribution in [0.3, 0.4) is 0 Å². The van der Waals surface area contributed by atoms with Crippen molar-refractivity contribution in [2.24, 2.45) is 0 Å². The second kappa shape index (κ2) is 8.64. The summed E-state index contributed by atoms with van der Waals surface area (Å²) in [6.07, 6.45) is 2.51. The van der Waals surface area contributed by atoms with Crippen molar-refractivity contribution in [3.05, 3.63) is 45.9 Å². The molecule has 1 aliphatic rings. The van der Waals surface area contributed by atoms with E-state index in [1.54, 1.807) is 18.4 Å². The Morgan fingerprint density at radius 2 is 2.23 bits per heavy atom. The number of carbonyl (C=O) groups is 1. The summed E-state index contributed by atoms with van der Waals surface area (Å²) in [6.45, 7) is 4.33. The SMILES string of the molecule is COc1cccc(CN2CCC(N(C)Cc3nc(C)cs3)CCC2=O)c1. The molecule has 0 aliphatic carbocycles. The quantitative estimate of drug-likeness (QED) is 0.778. The first kappa shape index (κ1) is 18.9. The van der Waals surface area contributed by atoms with Crippen molar-refractivity contribution >= 4 is 17.2 Å². The van der Waals surface area contributed by atoms with Gasteiger partial charge in [0.25, 0.3) is 0 Å². The number of amides is 1. The van der Waals surface area contributed by atoms with Gasteiger partial charge in [0.1, 0.15) is 10.8 Å². The largest absolute Gasteiger partial charge is 0.497 e. The lowest BCUT2D eigenvalue weighted by Crippen LogP contribution is -2.33. The van der Waals surface area contributed by atoms with Gasteiger partial charge in [0.05, 0.1) is 13.7 Å². The van der Waals surface area contributed by atoms with E-state index in [2.05, 4.69) is 28.4 Å². The van der Waals surface area contributed by atoms with Crippen LogP contribution in [0.1, 0.15) is 35.5 Å². The lowest BCUT2D eigenvalue weighted by atomic mass is 10.1. The predicted octanol–water partition coefficient (Wildman–Crippen LogP) is 3.47. The maximum absolute atomic E-state index is 12.6. The van der Waals surface area contributed by atoms with E-state index in [0.717, 1.165) is 47.9 Å². The van der Waals surface area contributed by atoms with Gasteiger partial charge in [-0.05, 0) is 44.5 Å². The van der Waals surface area contributed by atoms with Gasteiger partial charge < -0.3 is 9.64 Å². The molecule has 1 unspecified atom stereocenters. The molecule has 2 aromatic rings. The fourth-order valence-electron chi connectivity index (χ4n) is 3.44. The molecule has 2 heterocycles. The molecule has 1 fully saturated rings. The van der Waals surface area contributed by atoms with E-state index in [1.807, 2.05) is 30.0 Å². The van der Waals surface area contributed by atoms with E-state index < -0.39 is 0 Å². The molecule has 0 bridgehead atoms. The number of hydrogen-bond donors (Lipinski definition) is 0. The van der Waals surface area contributed by atoms with Crippen molar-refractivity contribution < 1.29 is 9.53 Å². The summed E-state index contributed by atoms with van der Waals surface area (Å²) in [7, 11) is 3.81. The van der Waals surface area contributed by atoms with Gasteiger partial charge in [-0.15, -0.1) is 11.3 Å². The first-order valence-electron chi connectivity index (χ1n) is 9.07. The van der Waals surface area contributed by atoms with Gasteiger partial charge in [-0.1, -0.05) is 12.1 Å². The number of carbonyl (C=O) groups excluding carboxylic acids is 1. The number of ether oxygens (including phenoxy) is 1. The third-order valence-electron chi connectivity index (χ3n) is 4.96. The minimum absolute atomic E-state index is 0.244. The average molecular weight is 374 g/mol. The lowest BCUT2D eigenvalue weighted by Gasteiger charge is -2.26. The van der Waals surface area contributed by atoms with Crippen molar-refractivity contribution in [3.63, 3.8) is 0 Å². The highest BCUT2D eigenvalue weighted by atomic mass is 32.1. The van der Waals surface area contributed by atoms with E-state index >= 15 is 0 Å².